The summed E-state index contributed by atoms with van der Waals surface area (Å²) < 4.78 is 5.19. The molecule has 2 unspecified atom stereocenters. The average Bonchev–Trinajstić information content (AvgIpc) is 2.99. The maximum atomic E-state index is 11.3. The molecule has 0 saturated carbocycles. The van der Waals surface area contributed by atoms with Crippen molar-refractivity contribution < 1.29 is 71.1 Å². The third kappa shape index (κ3) is 3.11. The first-order chi connectivity index (χ1) is 9.24. The van der Waals surface area contributed by atoms with Crippen molar-refractivity contribution in [3.63, 3.8) is 0 Å². The SMILES string of the molecule is CC(C)Cc1ccc(C2(C)OC2(C(=N)[O-])C(=O)O)cc1.[K+]. The van der Waals surface area contributed by atoms with E-state index in [9.17, 15) is 15.0 Å². The van der Waals surface area contributed by atoms with Crippen LogP contribution in [0.15, 0.2) is 24.3 Å². The normalized spacial score (nSPS) is 27.0. The van der Waals surface area contributed by atoms with E-state index >= 15 is 0 Å². The summed E-state index contributed by atoms with van der Waals surface area (Å²) in [5.74, 6) is -2.11. The molecule has 0 aliphatic carbocycles. The molecule has 0 aromatic heterocycles. The summed E-state index contributed by atoms with van der Waals surface area (Å²) in [5, 5.41) is 27.7. The molecule has 0 amide bonds. The molecule has 1 saturated heterocycles. The summed E-state index contributed by atoms with van der Waals surface area (Å²) in [6.45, 7) is 5.77. The van der Waals surface area contributed by atoms with Crippen LogP contribution in [-0.2, 0) is 21.6 Å². The van der Waals surface area contributed by atoms with Crippen LogP contribution in [0.4, 0.5) is 0 Å². The average molecular weight is 315 g/mol. The van der Waals surface area contributed by atoms with Gasteiger partial charge in [-0.15, -0.1) is 0 Å². The second-order valence-corrected chi connectivity index (χ2v) is 5.75. The van der Waals surface area contributed by atoms with E-state index in [1.165, 1.54) is 6.92 Å². The number of hydrogen-bond acceptors (Lipinski definition) is 4. The third-order valence-corrected chi connectivity index (χ3v) is 3.76. The third-order valence-electron chi connectivity index (χ3n) is 3.76. The van der Waals surface area contributed by atoms with E-state index in [0.29, 0.717) is 11.5 Å². The Balaban J connectivity index is 0.00000220. The first-order valence-electron chi connectivity index (χ1n) is 6.53. The number of benzene rings is 1. The Bertz CT molecular complexity index is 541. The van der Waals surface area contributed by atoms with Crippen LogP contribution >= 0.6 is 0 Å². The van der Waals surface area contributed by atoms with Crippen molar-refractivity contribution in [2.24, 2.45) is 5.92 Å². The van der Waals surface area contributed by atoms with Gasteiger partial charge in [0.25, 0.3) is 0 Å². The number of rotatable bonds is 5. The van der Waals surface area contributed by atoms with E-state index < -0.39 is 23.1 Å². The van der Waals surface area contributed by atoms with Crippen molar-refractivity contribution in [1.29, 1.82) is 5.41 Å². The van der Waals surface area contributed by atoms with Crippen molar-refractivity contribution in [1.82, 2.24) is 0 Å². The Morgan fingerprint density at radius 2 is 1.90 bits per heavy atom. The van der Waals surface area contributed by atoms with Gasteiger partial charge in [-0.1, -0.05) is 38.1 Å². The molecule has 6 heteroatoms. The van der Waals surface area contributed by atoms with E-state index in [1.54, 1.807) is 12.1 Å². The van der Waals surface area contributed by atoms with E-state index in [-0.39, 0.29) is 51.4 Å². The second-order valence-electron chi connectivity index (χ2n) is 5.75. The molecule has 1 aliphatic heterocycles. The molecule has 5 nitrogen and oxygen atoms in total. The zero-order chi connectivity index (χ0) is 15.1. The van der Waals surface area contributed by atoms with Gasteiger partial charge in [-0.25, -0.2) is 4.79 Å². The zero-order valence-electron chi connectivity index (χ0n) is 12.8. The molecule has 0 radical (unpaired) electrons. The van der Waals surface area contributed by atoms with Gasteiger partial charge in [0, 0.05) is 5.90 Å². The van der Waals surface area contributed by atoms with Crippen LogP contribution in [0, 0.1) is 11.3 Å². The second kappa shape index (κ2) is 6.48. The first kappa shape index (κ1) is 18.8. The van der Waals surface area contributed by atoms with E-state index in [1.807, 2.05) is 12.1 Å². The quantitative estimate of drug-likeness (QED) is 0.293. The van der Waals surface area contributed by atoms with Gasteiger partial charge in [-0.2, -0.15) is 0 Å². The largest absolute Gasteiger partial charge is 1.00 e. The molecule has 0 bridgehead atoms. The molecular formula is C15H18KNO4. The molecule has 21 heavy (non-hydrogen) atoms. The van der Waals surface area contributed by atoms with Gasteiger partial charge in [0.05, 0.1) is 0 Å². The van der Waals surface area contributed by atoms with Crippen molar-refractivity contribution in [3.8, 4) is 0 Å². The zero-order valence-corrected chi connectivity index (χ0v) is 15.9. The number of carbonyl (C=O) groups is 1. The predicted octanol–water partition coefficient (Wildman–Crippen LogP) is -1.70. The van der Waals surface area contributed by atoms with Crippen LogP contribution in [0.3, 0.4) is 0 Å². The van der Waals surface area contributed by atoms with Crippen LogP contribution in [-0.4, -0.2) is 22.6 Å². The summed E-state index contributed by atoms with van der Waals surface area (Å²) in [6.07, 6.45) is 0.930. The minimum atomic E-state index is -2.06. The van der Waals surface area contributed by atoms with Gasteiger partial charge in [0.1, 0.15) is 5.60 Å². The Kier molecular flexibility index (Phi) is 5.80. The Hall–Kier alpha value is -0.244. The summed E-state index contributed by atoms with van der Waals surface area (Å²) in [7, 11) is 0. The summed E-state index contributed by atoms with van der Waals surface area (Å²) in [5.41, 5.74) is -1.57. The molecule has 1 fully saturated rings. The minimum Gasteiger partial charge on any atom is -0.860 e. The monoisotopic (exact) mass is 315 g/mol. The van der Waals surface area contributed by atoms with Gasteiger partial charge in [0.2, 0.25) is 5.60 Å². The predicted molar refractivity (Wildman–Crippen MR) is 71.5 cm³/mol. The topological polar surface area (TPSA) is 96.7 Å². The van der Waals surface area contributed by atoms with Crippen LogP contribution < -0.4 is 56.5 Å². The molecule has 2 rings (SSSR count). The smallest absolute Gasteiger partial charge is 0.860 e. The number of ether oxygens (including phenoxy) is 1. The van der Waals surface area contributed by atoms with Gasteiger partial charge < -0.3 is 20.4 Å². The minimum absolute atomic E-state index is 0. The fourth-order valence-electron chi connectivity index (χ4n) is 2.58. The van der Waals surface area contributed by atoms with Crippen molar-refractivity contribution >= 4 is 11.9 Å². The standard InChI is InChI=1S/C15H19NO4.K/c1-9(2)8-10-4-6-11(7-5-10)14(3)15(20-14,12(16)17)13(18)19;/h4-7,9H,8H2,1-3H3,(H2,16,17)(H,18,19);/q;+1/p-1. The Labute approximate surface area is 166 Å². The number of carboxylic acids is 1. The van der Waals surface area contributed by atoms with E-state index in [0.717, 1.165) is 12.0 Å². The van der Waals surface area contributed by atoms with Gasteiger partial charge in [0.15, 0.2) is 0 Å². The summed E-state index contributed by atoms with van der Waals surface area (Å²) >= 11 is 0. The number of aliphatic carboxylic acids is 1. The van der Waals surface area contributed by atoms with Crippen LogP contribution in [0.25, 0.3) is 0 Å². The molecule has 1 aliphatic rings. The maximum Gasteiger partial charge on any atom is 1.00 e. The molecule has 1 aromatic carbocycles. The van der Waals surface area contributed by atoms with Gasteiger partial charge in [-0.3, -0.25) is 0 Å². The number of hydrogen-bond donors (Lipinski definition) is 2. The van der Waals surface area contributed by atoms with Crippen LogP contribution in [0.5, 0.6) is 0 Å². The Morgan fingerprint density at radius 1 is 1.38 bits per heavy atom. The molecule has 0 spiro atoms. The summed E-state index contributed by atoms with van der Waals surface area (Å²) in [6, 6.07) is 7.35. The molecular weight excluding hydrogens is 297 g/mol. The molecule has 2 N–H and O–H groups in total. The number of carboxylic acid groups (broad SMARTS) is 1. The van der Waals surface area contributed by atoms with Gasteiger partial charge >= 0.3 is 57.4 Å². The molecule has 1 heterocycles. The summed E-state index contributed by atoms with van der Waals surface area (Å²) in [4.78, 5) is 11.3. The van der Waals surface area contributed by atoms with Crippen molar-refractivity contribution in [2.45, 2.75) is 38.4 Å². The van der Waals surface area contributed by atoms with Crippen molar-refractivity contribution in [3.05, 3.63) is 35.4 Å². The molecule has 1 aromatic rings. The van der Waals surface area contributed by atoms with Gasteiger partial charge in [-0.05, 0) is 30.4 Å². The fourth-order valence-corrected chi connectivity index (χ4v) is 2.58. The molecule has 108 valence electrons. The number of epoxide rings is 1. The van der Waals surface area contributed by atoms with E-state index in [2.05, 4.69) is 13.8 Å². The van der Waals surface area contributed by atoms with E-state index in [4.69, 9.17) is 10.1 Å². The maximum absolute atomic E-state index is 11.3. The fraction of sp³-hybridized carbons (Fsp3) is 0.467. The van der Waals surface area contributed by atoms with Crippen LogP contribution in [0.1, 0.15) is 31.9 Å². The Morgan fingerprint density at radius 3 is 2.24 bits per heavy atom. The van der Waals surface area contributed by atoms with Crippen LogP contribution in [0.2, 0.25) is 0 Å². The molecule has 2 atom stereocenters. The van der Waals surface area contributed by atoms with Crippen molar-refractivity contribution in [2.75, 3.05) is 0 Å². The number of nitrogens with one attached hydrogen (secondary N) is 1. The first-order valence-corrected chi connectivity index (χ1v) is 6.53.